The smallest absolute Gasteiger partial charge is 0.240 e. The Morgan fingerprint density at radius 1 is 1.08 bits per heavy atom. The minimum absolute atomic E-state index is 0.0597. The number of amides is 1. The lowest BCUT2D eigenvalue weighted by molar-refractivity contribution is -0.116. The first-order chi connectivity index (χ1) is 11.4. The number of hydrogen-bond donors (Lipinski definition) is 2. The van der Waals surface area contributed by atoms with Crippen molar-refractivity contribution in [3.05, 3.63) is 59.4 Å². The molecule has 1 amide bonds. The molecule has 24 heavy (non-hydrogen) atoms. The molecule has 2 N–H and O–H groups in total. The molecule has 0 fully saturated rings. The van der Waals surface area contributed by atoms with Crippen LogP contribution in [0, 0.1) is 5.82 Å². The Labute approximate surface area is 139 Å². The molecule has 1 aliphatic rings. The highest BCUT2D eigenvalue weighted by Gasteiger charge is 2.19. The Bertz CT molecular complexity index is 864. The Hall–Kier alpha value is -2.25. The summed E-state index contributed by atoms with van der Waals surface area (Å²) in [7, 11) is -3.62. The van der Waals surface area contributed by atoms with E-state index in [0.717, 1.165) is 11.1 Å². The molecule has 1 aliphatic heterocycles. The summed E-state index contributed by atoms with van der Waals surface area (Å²) in [5, 5.41) is 2.72. The average Bonchev–Trinajstić information content (AvgIpc) is 2.56. The number of fused-ring (bicyclic) bond motifs is 1. The summed E-state index contributed by atoms with van der Waals surface area (Å²) in [6.07, 6.45) is 1.36. The number of anilines is 1. The zero-order chi connectivity index (χ0) is 17.2. The van der Waals surface area contributed by atoms with Crippen LogP contribution in [-0.2, 0) is 27.7 Å². The van der Waals surface area contributed by atoms with Crippen LogP contribution in [0.4, 0.5) is 10.1 Å². The van der Waals surface area contributed by atoms with Gasteiger partial charge in [0, 0.05) is 18.7 Å². The van der Waals surface area contributed by atoms with Crippen molar-refractivity contribution in [2.75, 3.05) is 11.9 Å². The number of benzene rings is 2. The van der Waals surface area contributed by atoms with E-state index in [1.165, 1.54) is 18.2 Å². The van der Waals surface area contributed by atoms with Crippen LogP contribution in [0.2, 0.25) is 0 Å². The molecule has 2 aromatic carbocycles. The molecule has 126 valence electrons. The highest BCUT2D eigenvalue weighted by molar-refractivity contribution is 7.89. The van der Waals surface area contributed by atoms with Gasteiger partial charge in [-0.2, -0.15) is 0 Å². The van der Waals surface area contributed by atoms with Crippen molar-refractivity contribution in [1.29, 1.82) is 0 Å². The van der Waals surface area contributed by atoms with Crippen molar-refractivity contribution in [2.45, 2.75) is 24.2 Å². The van der Waals surface area contributed by atoms with Crippen molar-refractivity contribution in [3.63, 3.8) is 0 Å². The number of carbonyl (C=O) groups excluding carboxylic acids is 1. The molecule has 0 aliphatic carbocycles. The van der Waals surface area contributed by atoms with Crippen LogP contribution >= 0.6 is 0 Å². The predicted molar refractivity (Wildman–Crippen MR) is 88.7 cm³/mol. The van der Waals surface area contributed by atoms with Gasteiger partial charge in [0.25, 0.3) is 0 Å². The summed E-state index contributed by atoms with van der Waals surface area (Å²) < 4.78 is 40.1. The zero-order valence-corrected chi connectivity index (χ0v) is 13.7. The molecule has 0 saturated carbocycles. The molecular formula is C17H17FN2O3S. The van der Waals surface area contributed by atoms with Crippen LogP contribution in [0.25, 0.3) is 0 Å². The molecule has 3 rings (SSSR count). The fourth-order valence-electron chi connectivity index (χ4n) is 2.59. The Morgan fingerprint density at radius 3 is 2.58 bits per heavy atom. The highest BCUT2D eigenvalue weighted by atomic mass is 32.2. The third kappa shape index (κ3) is 3.80. The summed E-state index contributed by atoms with van der Waals surface area (Å²) >= 11 is 0. The molecule has 7 heteroatoms. The molecule has 0 saturated heterocycles. The minimum atomic E-state index is -3.62. The van der Waals surface area contributed by atoms with Gasteiger partial charge in [-0.1, -0.05) is 12.1 Å². The molecule has 0 aromatic heterocycles. The van der Waals surface area contributed by atoms with E-state index in [9.17, 15) is 17.6 Å². The van der Waals surface area contributed by atoms with Crippen LogP contribution in [-0.4, -0.2) is 20.9 Å². The van der Waals surface area contributed by atoms with Crippen LogP contribution in [0.1, 0.15) is 17.5 Å². The molecule has 0 bridgehead atoms. The van der Waals surface area contributed by atoms with Gasteiger partial charge in [-0.25, -0.2) is 17.5 Å². The summed E-state index contributed by atoms with van der Waals surface area (Å²) in [6.45, 7) is 0.224. The van der Waals surface area contributed by atoms with Gasteiger partial charge >= 0.3 is 0 Å². The Kier molecular flexibility index (Phi) is 4.64. The normalized spacial score (nSPS) is 14.1. The van der Waals surface area contributed by atoms with E-state index in [-0.39, 0.29) is 23.2 Å². The molecule has 2 aromatic rings. The second kappa shape index (κ2) is 6.70. The number of nitrogens with one attached hydrogen (secondary N) is 2. The number of halogens is 1. The summed E-state index contributed by atoms with van der Waals surface area (Å²) in [4.78, 5) is 11.5. The standard InChI is InChI=1S/C17H17FN2O3S/c18-14-4-1-12(2-5-14)9-10-19-24(22,23)15-6-7-16-13(11-15)3-8-17(21)20-16/h1-2,4-7,11,19H,3,8-10H2,(H,20,21). The number of hydrogen-bond acceptors (Lipinski definition) is 3. The van der Waals surface area contributed by atoms with Gasteiger partial charge in [-0.3, -0.25) is 4.79 Å². The topological polar surface area (TPSA) is 75.3 Å². The van der Waals surface area contributed by atoms with Crippen molar-refractivity contribution in [2.24, 2.45) is 0 Å². The third-order valence-corrected chi connectivity index (χ3v) is 5.36. The fraction of sp³-hybridized carbons (Fsp3) is 0.235. The van der Waals surface area contributed by atoms with Crippen LogP contribution in [0.15, 0.2) is 47.4 Å². The molecule has 0 unspecified atom stereocenters. The SMILES string of the molecule is O=C1CCc2cc(S(=O)(=O)NCCc3ccc(F)cc3)ccc2N1. The molecule has 0 spiro atoms. The monoisotopic (exact) mass is 348 g/mol. The van der Waals surface area contributed by atoms with E-state index in [2.05, 4.69) is 10.0 Å². The maximum absolute atomic E-state index is 12.8. The molecular weight excluding hydrogens is 331 g/mol. The number of aryl methyl sites for hydroxylation is 1. The lowest BCUT2D eigenvalue weighted by atomic mass is 10.0. The second-order valence-corrected chi connectivity index (χ2v) is 7.41. The van der Waals surface area contributed by atoms with Crippen LogP contribution < -0.4 is 10.0 Å². The van der Waals surface area contributed by atoms with Gasteiger partial charge < -0.3 is 5.32 Å². The lowest BCUT2D eigenvalue weighted by Crippen LogP contribution is -2.26. The molecule has 0 radical (unpaired) electrons. The van der Waals surface area contributed by atoms with Gasteiger partial charge in [0.05, 0.1) is 4.90 Å². The molecule has 0 atom stereocenters. The molecule has 1 heterocycles. The van der Waals surface area contributed by atoms with Crippen molar-refractivity contribution < 1.29 is 17.6 Å². The van der Waals surface area contributed by atoms with Crippen LogP contribution in [0.5, 0.6) is 0 Å². The first-order valence-electron chi connectivity index (χ1n) is 7.61. The minimum Gasteiger partial charge on any atom is -0.326 e. The van der Waals surface area contributed by atoms with Gasteiger partial charge in [-0.15, -0.1) is 0 Å². The Morgan fingerprint density at radius 2 is 1.83 bits per heavy atom. The first-order valence-corrected chi connectivity index (χ1v) is 9.09. The van der Waals surface area contributed by atoms with Crippen LogP contribution in [0.3, 0.4) is 0 Å². The largest absolute Gasteiger partial charge is 0.326 e. The average molecular weight is 348 g/mol. The van der Waals surface area contributed by atoms with Gasteiger partial charge in [0.1, 0.15) is 5.82 Å². The number of rotatable bonds is 5. The van der Waals surface area contributed by atoms with E-state index in [4.69, 9.17) is 0 Å². The van der Waals surface area contributed by atoms with E-state index in [1.54, 1.807) is 24.3 Å². The van der Waals surface area contributed by atoms with Gasteiger partial charge in [0.15, 0.2) is 0 Å². The van der Waals surface area contributed by atoms with Gasteiger partial charge in [0.2, 0.25) is 15.9 Å². The Balaban J connectivity index is 1.67. The summed E-state index contributed by atoms with van der Waals surface area (Å²) in [5.41, 5.74) is 2.33. The third-order valence-electron chi connectivity index (χ3n) is 3.90. The summed E-state index contributed by atoms with van der Waals surface area (Å²) in [5.74, 6) is -0.379. The van der Waals surface area contributed by atoms with E-state index >= 15 is 0 Å². The van der Waals surface area contributed by atoms with E-state index < -0.39 is 10.0 Å². The second-order valence-electron chi connectivity index (χ2n) is 5.64. The quantitative estimate of drug-likeness (QED) is 0.870. The van der Waals surface area contributed by atoms with Crippen molar-refractivity contribution in [3.8, 4) is 0 Å². The predicted octanol–water partition coefficient (Wildman–Crippen LogP) is 2.23. The maximum atomic E-state index is 12.8. The fourth-order valence-corrected chi connectivity index (χ4v) is 3.67. The first kappa shape index (κ1) is 16.6. The number of carbonyl (C=O) groups is 1. The van der Waals surface area contributed by atoms with E-state index in [0.29, 0.717) is 24.9 Å². The van der Waals surface area contributed by atoms with Gasteiger partial charge in [-0.05, 0) is 54.3 Å². The lowest BCUT2D eigenvalue weighted by Gasteiger charge is -2.17. The van der Waals surface area contributed by atoms with E-state index in [1.807, 2.05) is 0 Å². The molecule has 5 nitrogen and oxygen atoms in total. The zero-order valence-electron chi connectivity index (χ0n) is 12.9. The summed E-state index contributed by atoms with van der Waals surface area (Å²) in [6, 6.07) is 10.6. The number of sulfonamides is 1. The van der Waals surface area contributed by atoms with Crippen molar-refractivity contribution in [1.82, 2.24) is 4.72 Å². The maximum Gasteiger partial charge on any atom is 0.240 e. The van der Waals surface area contributed by atoms with Crippen molar-refractivity contribution >= 4 is 21.6 Å². The highest BCUT2D eigenvalue weighted by Crippen LogP contribution is 2.25.